The maximum atomic E-state index is 12.7. The molecule has 0 heterocycles. The highest BCUT2D eigenvalue weighted by Crippen LogP contribution is 2.38. The first-order valence-corrected chi connectivity index (χ1v) is 28.9. The van der Waals surface area contributed by atoms with Crippen LogP contribution >= 0.6 is 7.82 Å². The number of unbranched alkanes of at least 4 members (excludes halogenated alkanes) is 19. The van der Waals surface area contributed by atoms with Gasteiger partial charge in [0.2, 0.25) is 0 Å². The van der Waals surface area contributed by atoms with Gasteiger partial charge in [-0.05, 0) is 77.0 Å². The molecule has 0 aromatic carbocycles. The van der Waals surface area contributed by atoms with Gasteiger partial charge in [0.1, 0.15) is 19.8 Å². The number of carbonyl (C=O) groups excluding carboxylic acids is 2. The molecule has 0 aliphatic heterocycles. The molecule has 0 radical (unpaired) electrons. The molecule has 0 saturated heterocycles. The number of ether oxygens (including phenoxy) is 2. The minimum Gasteiger partial charge on any atom is -0.756 e. The quantitative estimate of drug-likeness (QED) is 0.0195. The van der Waals surface area contributed by atoms with Crippen LogP contribution < -0.4 is 4.89 Å². The normalized spacial score (nSPS) is 14.1. The molecule has 0 bridgehead atoms. The van der Waals surface area contributed by atoms with Crippen LogP contribution in [0.25, 0.3) is 0 Å². The largest absolute Gasteiger partial charge is 0.756 e. The summed E-state index contributed by atoms with van der Waals surface area (Å²) in [5.41, 5.74) is 0. The number of phosphoric ester groups is 1. The van der Waals surface area contributed by atoms with Gasteiger partial charge < -0.3 is 27.9 Å². The standard InChI is InChI=1S/C59H102NO8P/c1-6-8-10-12-14-15-16-17-18-19-20-21-22-23-24-25-26-27-28-29-30-31-32-33-34-35-36-37-38-39-40-41-42-43-44-45-46-48-50-52-59(62)68-57(55-65-58(61)51-49-47-13-11-9-7-2)56-67-69(63,64)66-54-53-60(3,4)5/h8,10,14-15,17-18,20-21,23-24,26-27,29-30,32-33,57H,6-7,9,11-13,16,19,22,25,28,31,34-56H2,1-5H3/b10-8-,15-14-,18-17-,21-20-,24-23-,27-26-,30-29-,33-32-. The van der Waals surface area contributed by atoms with Crippen LogP contribution in [-0.4, -0.2) is 70.0 Å². The van der Waals surface area contributed by atoms with Gasteiger partial charge in [-0.15, -0.1) is 0 Å². The highest BCUT2D eigenvalue weighted by Gasteiger charge is 2.21. The Hall–Kier alpha value is -3.07. The molecular formula is C59H102NO8P. The zero-order valence-electron chi connectivity index (χ0n) is 44.7. The van der Waals surface area contributed by atoms with Gasteiger partial charge in [-0.25, -0.2) is 0 Å². The number of hydrogen-bond acceptors (Lipinski definition) is 8. The van der Waals surface area contributed by atoms with Gasteiger partial charge in [-0.1, -0.05) is 220 Å². The highest BCUT2D eigenvalue weighted by atomic mass is 31.2. The van der Waals surface area contributed by atoms with Gasteiger partial charge in [-0.3, -0.25) is 14.2 Å². The topological polar surface area (TPSA) is 111 Å². The molecule has 9 nitrogen and oxygen atoms in total. The summed E-state index contributed by atoms with van der Waals surface area (Å²) in [4.78, 5) is 37.4. The first kappa shape index (κ1) is 65.9. The van der Waals surface area contributed by atoms with Gasteiger partial charge in [-0.2, -0.15) is 0 Å². The average Bonchev–Trinajstić information content (AvgIpc) is 3.31. The molecule has 0 rings (SSSR count). The lowest BCUT2D eigenvalue weighted by Crippen LogP contribution is -2.37. The van der Waals surface area contributed by atoms with E-state index in [1.807, 2.05) is 21.1 Å². The minimum atomic E-state index is -4.62. The number of hydrogen-bond donors (Lipinski definition) is 0. The van der Waals surface area contributed by atoms with Crippen molar-refractivity contribution in [2.75, 3.05) is 47.5 Å². The predicted octanol–water partition coefficient (Wildman–Crippen LogP) is 16.2. The lowest BCUT2D eigenvalue weighted by atomic mass is 10.0. The number of esters is 2. The van der Waals surface area contributed by atoms with E-state index < -0.39 is 32.5 Å². The number of phosphoric acid groups is 1. The Morgan fingerprint density at radius 1 is 0.464 bits per heavy atom. The van der Waals surface area contributed by atoms with Crippen LogP contribution in [0.15, 0.2) is 97.2 Å². The molecule has 396 valence electrons. The van der Waals surface area contributed by atoms with E-state index in [1.54, 1.807) is 0 Å². The van der Waals surface area contributed by atoms with E-state index in [-0.39, 0.29) is 26.1 Å². The molecule has 0 aromatic rings. The Kier molecular flexibility index (Phi) is 47.7. The molecule has 10 heteroatoms. The van der Waals surface area contributed by atoms with Crippen molar-refractivity contribution in [1.82, 2.24) is 0 Å². The highest BCUT2D eigenvalue weighted by molar-refractivity contribution is 7.45. The number of carbonyl (C=O) groups is 2. The van der Waals surface area contributed by atoms with E-state index in [0.29, 0.717) is 17.4 Å². The Labute approximate surface area is 423 Å². The number of nitrogens with zero attached hydrogens (tertiary/aromatic N) is 1. The zero-order chi connectivity index (χ0) is 50.6. The molecule has 2 unspecified atom stereocenters. The molecule has 0 fully saturated rings. The van der Waals surface area contributed by atoms with Crippen molar-refractivity contribution in [1.29, 1.82) is 0 Å². The smallest absolute Gasteiger partial charge is 0.306 e. The Morgan fingerprint density at radius 3 is 1.23 bits per heavy atom. The van der Waals surface area contributed by atoms with E-state index in [1.165, 1.54) is 77.0 Å². The summed E-state index contributed by atoms with van der Waals surface area (Å²) in [6.45, 7) is 4.04. The fourth-order valence-corrected chi connectivity index (χ4v) is 7.87. The summed E-state index contributed by atoms with van der Waals surface area (Å²) in [5.74, 6) is -0.846. The molecule has 69 heavy (non-hydrogen) atoms. The van der Waals surface area contributed by atoms with Crippen molar-refractivity contribution in [2.24, 2.45) is 0 Å². The summed E-state index contributed by atoms with van der Waals surface area (Å²) in [7, 11) is 1.16. The summed E-state index contributed by atoms with van der Waals surface area (Å²) in [6.07, 6.45) is 67.9. The van der Waals surface area contributed by atoms with Crippen LogP contribution in [0.5, 0.6) is 0 Å². The van der Waals surface area contributed by atoms with Gasteiger partial charge >= 0.3 is 11.9 Å². The van der Waals surface area contributed by atoms with Gasteiger partial charge in [0.15, 0.2) is 6.10 Å². The van der Waals surface area contributed by atoms with E-state index in [4.69, 9.17) is 18.5 Å². The Bertz CT molecular complexity index is 1490. The van der Waals surface area contributed by atoms with E-state index in [0.717, 1.165) is 103 Å². The maximum Gasteiger partial charge on any atom is 0.306 e. The van der Waals surface area contributed by atoms with Crippen LogP contribution in [0.3, 0.4) is 0 Å². The molecule has 0 saturated carbocycles. The van der Waals surface area contributed by atoms with Crippen molar-refractivity contribution in [2.45, 2.75) is 219 Å². The van der Waals surface area contributed by atoms with E-state index in [2.05, 4.69) is 111 Å². The van der Waals surface area contributed by atoms with Crippen molar-refractivity contribution in [3.63, 3.8) is 0 Å². The summed E-state index contributed by atoms with van der Waals surface area (Å²) in [5, 5.41) is 0. The number of likely N-dealkylation sites (N-methyl/N-ethyl adjacent to an activating group) is 1. The fraction of sp³-hybridized carbons (Fsp3) is 0.695. The third-order valence-corrected chi connectivity index (χ3v) is 12.3. The number of allylic oxidation sites excluding steroid dienone is 16. The van der Waals surface area contributed by atoms with Gasteiger partial charge in [0.05, 0.1) is 27.7 Å². The van der Waals surface area contributed by atoms with E-state index in [9.17, 15) is 19.0 Å². The predicted molar refractivity (Wildman–Crippen MR) is 291 cm³/mol. The second-order valence-corrected chi connectivity index (χ2v) is 20.6. The summed E-state index contributed by atoms with van der Waals surface area (Å²) < 4.78 is 33.8. The van der Waals surface area contributed by atoms with Crippen molar-refractivity contribution < 1.29 is 42.1 Å². The third kappa shape index (κ3) is 54.1. The summed E-state index contributed by atoms with van der Waals surface area (Å²) in [6, 6.07) is 0. The lowest BCUT2D eigenvalue weighted by Gasteiger charge is -2.28. The van der Waals surface area contributed by atoms with Crippen molar-refractivity contribution >= 4 is 19.8 Å². The fourth-order valence-electron chi connectivity index (χ4n) is 7.14. The van der Waals surface area contributed by atoms with Crippen LogP contribution in [0.1, 0.15) is 213 Å². The Balaban J connectivity index is 3.91. The minimum absolute atomic E-state index is 0.0330. The second-order valence-electron chi connectivity index (χ2n) is 19.2. The van der Waals surface area contributed by atoms with Gasteiger partial charge in [0, 0.05) is 12.8 Å². The van der Waals surface area contributed by atoms with Crippen LogP contribution in [0.2, 0.25) is 0 Å². The van der Waals surface area contributed by atoms with Gasteiger partial charge in [0.25, 0.3) is 7.82 Å². The molecule has 0 aliphatic rings. The van der Waals surface area contributed by atoms with Crippen LogP contribution in [0, 0.1) is 0 Å². The monoisotopic (exact) mass is 984 g/mol. The third-order valence-electron chi connectivity index (χ3n) is 11.4. The molecule has 0 aliphatic carbocycles. The van der Waals surface area contributed by atoms with E-state index >= 15 is 0 Å². The number of quaternary nitrogens is 1. The Morgan fingerprint density at radius 2 is 0.826 bits per heavy atom. The first-order chi connectivity index (χ1) is 33.5. The summed E-state index contributed by atoms with van der Waals surface area (Å²) >= 11 is 0. The molecule has 2 atom stereocenters. The molecule has 0 N–H and O–H groups in total. The molecule has 0 amide bonds. The molecule has 0 spiro atoms. The first-order valence-electron chi connectivity index (χ1n) is 27.4. The zero-order valence-corrected chi connectivity index (χ0v) is 45.6. The van der Waals surface area contributed by atoms with Crippen LogP contribution in [-0.2, 0) is 32.7 Å². The second kappa shape index (κ2) is 49.9. The average molecular weight is 984 g/mol. The molecule has 0 aromatic heterocycles. The maximum absolute atomic E-state index is 12.7. The van der Waals surface area contributed by atoms with Crippen LogP contribution in [0.4, 0.5) is 0 Å². The lowest BCUT2D eigenvalue weighted by molar-refractivity contribution is -0.870. The van der Waals surface area contributed by atoms with Crippen molar-refractivity contribution in [3.05, 3.63) is 97.2 Å². The van der Waals surface area contributed by atoms with Crippen molar-refractivity contribution in [3.8, 4) is 0 Å². The SMILES string of the molecule is CC/C=C\C/C=C\C/C=C\C/C=C\C/C=C\C/C=C\C/C=C\C/C=C\CCCCCCCCCCCCCCCCC(=O)OC(COC(=O)CCCCCCCC)COP(=O)([O-])OCC[N+](C)(C)C. The molecular weight excluding hydrogens is 882 g/mol. The number of rotatable bonds is 49.